The number of phenols is 1. The number of fused-ring (bicyclic) bond motifs is 1. The first kappa shape index (κ1) is 14.0. The van der Waals surface area contributed by atoms with E-state index in [4.69, 9.17) is 6.17 Å². The molecule has 2 atom stereocenters. The number of aromatic hydroxyl groups is 1. The van der Waals surface area contributed by atoms with Crippen LogP contribution in [0.3, 0.4) is 0 Å². The third kappa shape index (κ3) is 2.87. The zero-order chi connectivity index (χ0) is 17.2. The lowest BCUT2D eigenvalue weighted by Crippen LogP contribution is -2.19. The Labute approximate surface area is 147 Å². The molecular weight excluding hydrogens is 316 g/mol. The molecule has 1 N–H and O–H groups in total. The molecule has 120 valence electrons. The van der Waals surface area contributed by atoms with Crippen molar-refractivity contribution in [2.24, 2.45) is 0 Å². The average molecular weight is 336 g/mol. The second kappa shape index (κ2) is 6.25. The molecule has 0 radical (unpaired) electrons. The van der Waals surface area contributed by atoms with Gasteiger partial charge < -0.3 is 9.85 Å². The third-order valence-corrected chi connectivity index (χ3v) is 5.57. The van der Waals surface area contributed by atoms with Gasteiger partial charge in [0.05, 0.1) is 10.1 Å². The lowest BCUT2D eigenvalue weighted by Gasteiger charge is -2.34. The molecule has 0 spiro atoms. The highest BCUT2D eigenvalue weighted by atomic mass is 32.2. The van der Waals surface area contributed by atoms with Crippen LogP contribution in [0.15, 0.2) is 77.7 Å². The van der Waals surface area contributed by atoms with Crippen LogP contribution in [0.2, 0.25) is 0 Å². The van der Waals surface area contributed by atoms with Crippen molar-refractivity contribution in [3.05, 3.63) is 89.5 Å². The van der Waals surface area contributed by atoms with E-state index in [1.165, 1.54) is 16.0 Å². The number of phenolic OH excluding ortho intramolecular Hbond substituents is 1. The summed E-state index contributed by atoms with van der Waals surface area (Å²) in [5, 5.41) is 4.71. The fourth-order valence-electron chi connectivity index (χ4n) is 2.99. The minimum Gasteiger partial charge on any atom is -0.508 e. The minimum absolute atomic E-state index is 0.0950. The summed E-state index contributed by atoms with van der Waals surface area (Å²) >= 11 is 1.84. The van der Waals surface area contributed by atoms with Crippen LogP contribution in [0, 0.1) is 6.92 Å². The number of hydrogen-bond acceptors (Lipinski definition) is 3. The molecule has 1 heterocycles. The van der Waals surface area contributed by atoms with E-state index in [0.717, 1.165) is 11.3 Å². The summed E-state index contributed by atoms with van der Waals surface area (Å²) in [7, 11) is 0. The standard InChI is InChI=1S/C21H18O2S/c1-14-7-12-18-19(13-14)24-21(16-5-3-2-4-6-16)20(23-18)15-8-10-17(22)11-9-15/h2-13,20-22H,1H3/t20-,21+/m1/s1/i/hT. The highest BCUT2D eigenvalue weighted by molar-refractivity contribution is 7.99. The molecule has 24 heavy (non-hydrogen) atoms. The van der Waals surface area contributed by atoms with Gasteiger partial charge in [-0.15, -0.1) is 11.8 Å². The Balaban J connectivity index is 1.76. The Morgan fingerprint density at radius 1 is 0.958 bits per heavy atom. The van der Waals surface area contributed by atoms with Crippen LogP contribution in [0.1, 0.15) is 28.0 Å². The van der Waals surface area contributed by atoms with E-state index in [1.807, 2.05) is 48.2 Å². The Morgan fingerprint density at radius 2 is 1.75 bits per heavy atom. The van der Waals surface area contributed by atoms with Gasteiger partial charge in [0.15, 0.2) is 0 Å². The number of benzene rings is 3. The SMILES string of the molecule is [3H]Oc1ccc([C@H]2Oc3ccc(C)cc3S[C@H]2c2ccccc2)cc1. The van der Waals surface area contributed by atoms with Gasteiger partial charge in [0.2, 0.25) is 0 Å². The van der Waals surface area contributed by atoms with E-state index in [2.05, 4.69) is 48.4 Å². The first-order valence-electron chi connectivity index (χ1n) is 8.37. The third-order valence-electron chi connectivity index (χ3n) is 4.22. The van der Waals surface area contributed by atoms with Gasteiger partial charge in [-0.1, -0.05) is 48.5 Å². The molecule has 0 saturated carbocycles. The Morgan fingerprint density at radius 3 is 2.50 bits per heavy atom. The summed E-state index contributed by atoms with van der Waals surface area (Å²) in [6.07, 6.45) is -0.0950. The van der Waals surface area contributed by atoms with Crippen molar-refractivity contribution in [1.29, 1.82) is 1.43 Å². The fraction of sp³-hybridized carbons (Fsp3) is 0.143. The van der Waals surface area contributed by atoms with Gasteiger partial charge in [0, 0.05) is 0 Å². The van der Waals surface area contributed by atoms with Gasteiger partial charge in [-0.25, -0.2) is 0 Å². The molecule has 1 aliphatic rings. The first-order chi connectivity index (χ1) is 12.2. The van der Waals surface area contributed by atoms with E-state index < -0.39 is 0 Å². The highest BCUT2D eigenvalue weighted by Gasteiger charge is 2.33. The van der Waals surface area contributed by atoms with E-state index >= 15 is 0 Å². The van der Waals surface area contributed by atoms with Crippen molar-refractivity contribution in [3.8, 4) is 11.5 Å². The van der Waals surface area contributed by atoms with E-state index in [-0.39, 0.29) is 11.4 Å². The van der Waals surface area contributed by atoms with Crippen molar-refractivity contribution >= 4 is 11.8 Å². The zero-order valence-electron chi connectivity index (χ0n) is 14.3. The van der Waals surface area contributed by atoms with E-state index in [0.29, 0.717) is 5.75 Å². The second-order valence-electron chi connectivity index (χ2n) is 6.01. The fourth-order valence-corrected chi connectivity index (χ4v) is 4.38. The maximum Gasteiger partial charge on any atom is 0.293 e. The molecule has 0 bridgehead atoms. The van der Waals surface area contributed by atoms with Crippen LogP contribution in [0.4, 0.5) is 0 Å². The highest BCUT2D eigenvalue weighted by Crippen LogP contribution is 2.53. The number of hydrogen-bond donors (Lipinski definition) is 1. The molecule has 1 aliphatic heterocycles. The Bertz CT molecular complexity index is 865. The Hall–Kier alpha value is -2.39. The quantitative estimate of drug-likeness (QED) is 0.668. The van der Waals surface area contributed by atoms with Crippen LogP contribution in [0.25, 0.3) is 0 Å². The lowest BCUT2D eigenvalue weighted by atomic mass is 10.00. The molecule has 0 unspecified atom stereocenters. The number of thioether (sulfide) groups is 1. The van der Waals surface area contributed by atoms with Gasteiger partial charge in [0.1, 0.15) is 17.6 Å². The molecule has 0 aliphatic carbocycles. The van der Waals surface area contributed by atoms with Crippen molar-refractivity contribution in [2.45, 2.75) is 23.2 Å². The first-order valence-corrected chi connectivity index (χ1v) is 8.84. The maximum absolute atomic E-state index is 7.01. The molecule has 0 amide bonds. The largest absolute Gasteiger partial charge is 0.508 e. The minimum atomic E-state index is -0.0950. The predicted molar refractivity (Wildman–Crippen MR) is 97.7 cm³/mol. The molecule has 0 aromatic heterocycles. The van der Waals surface area contributed by atoms with Gasteiger partial charge in [-0.05, 0) is 47.9 Å². The van der Waals surface area contributed by atoms with E-state index in [1.54, 1.807) is 0 Å². The van der Waals surface area contributed by atoms with Gasteiger partial charge in [0.25, 0.3) is 1.43 Å². The Kier molecular flexibility index (Phi) is 3.64. The number of aryl methyl sites for hydroxylation is 1. The van der Waals surface area contributed by atoms with Crippen LogP contribution in [-0.2, 0) is 0 Å². The molecule has 3 heteroatoms. The smallest absolute Gasteiger partial charge is 0.293 e. The van der Waals surface area contributed by atoms with Crippen molar-refractivity contribution in [1.82, 2.24) is 0 Å². The van der Waals surface area contributed by atoms with Crippen LogP contribution in [0.5, 0.6) is 11.5 Å². The van der Waals surface area contributed by atoms with Crippen molar-refractivity contribution in [2.75, 3.05) is 0 Å². The van der Waals surface area contributed by atoms with Gasteiger partial charge in [-0.3, -0.25) is 0 Å². The summed E-state index contributed by atoms with van der Waals surface area (Å²) in [4.78, 5) is 1.18. The molecule has 4 rings (SSSR count). The molecule has 3 aromatic rings. The maximum atomic E-state index is 7.01. The predicted octanol–water partition coefficient (Wildman–Crippen LogP) is 5.67. The van der Waals surface area contributed by atoms with Crippen molar-refractivity contribution in [3.63, 3.8) is 0 Å². The van der Waals surface area contributed by atoms with Crippen LogP contribution < -0.4 is 4.74 Å². The lowest BCUT2D eigenvalue weighted by molar-refractivity contribution is 0.191. The van der Waals surface area contributed by atoms with Gasteiger partial charge >= 0.3 is 0 Å². The monoisotopic (exact) mass is 336 g/mol. The molecule has 3 aromatic carbocycles. The number of ether oxygens (including phenoxy) is 1. The normalized spacial score (nSPS) is 19.8. The zero-order valence-corrected chi connectivity index (χ0v) is 14.1. The summed E-state index contributed by atoms with van der Waals surface area (Å²) < 4.78 is 13.4. The summed E-state index contributed by atoms with van der Waals surface area (Å²) in [5.41, 5.74) is 3.55. The molecule has 0 fully saturated rings. The topological polar surface area (TPSA) is 29.5 Å². The molecule has 2 nitrogen and oxygen atoms in total. The summed E-state index contributed by atoms with van der Waals surface area (Å²) in [5.74, 6) is 1.45. The summed E-state index contributed by atoms with van der Waals surface area (Å²) in [6.45, 7) is 2.10. The van der Waals surface area contributed by atoms with E-state index in [9.17, 15) is 0 Å². The van der Waals surface area contributed by atoms with Crippen LogP contribution in [-0.4, -0.2) is 6.54 Å². The van der Waals surface area contributed by atoms with Crippen LogP contribution >= 0.6 is 11.8 Å². The van der Waals surface area contributed by atoms with Crippen molar-refractivity contribution < 1.29 is 9.85 Å². The number of rotatable bonds is 3. The van der Waals surface area contributed by atoms with Gasteiger partial charge in [-0.2, -0.15) is 0 Å². The average Bonchev–Trinajstić information content (AvgIpc) is 2.68. The second-order valence-corrected chi connectivity index (χ2v) is 7.19. The molecular formula is C21H18O2S. The summed E-state index contributed by atoms with van der Waals surface area (Å²) in [6, 6.07) is 24.3. The molecule has 0 saturated heterocycles.